The van der Waals surface area contributed by atoms with Gasteiger partial charge in [0.05, 0.1) is 12.2 Å². The van der Waals surface area contributed by atoms with Gasteiger partial charge >= 0.3 is 0 Å². The zero-order chi connectivity index (χ0) is 18.0. The van der Waals surface area contributed by atoms with Gasteiger partial charge in [-0.05, 0) is 26.3 Å². The molecular formula is C19H29Cl2N5O. The zero-order valence-corrected chi connectivity index (χ0v) is 17.5. The van der Waals surface area contributed by atoms with Crippen molar-refractivity contribution in [1.82, 2.24) is 14.7 Å². The maximum Gasteiger partial charge on any atom is 0.242 e. The van der Waals surface area contributed by atoms with Crippen molar-refractivity contribution in [2.24, 2.45) is 5.73 Å². The molecule has 2 aromatic rings. The second-order valence-electron chi connectivity index (χ2n) is 7.05. The van der Waals surface area contributed by atoms with Gasteiger partial charge in [-0.15, -0.1) is 24.8 Å². The predicted molar refractivity (Wildman–Crippen MR) is 114 cm³/mol. The predicted octanol–water partition coefficient (Wildman–Crippen LogP) is 3.06. The Morgan fingerprint density at radius 3 is 2.44 bits per heavy atom. The molecule has 150 valence electrons. The molecule has 1 saturated heterocycles. The molecule has 1 aliphatic rings. The van der Waals surface area contributed by atoms with E-state index in [1.165, 1.54) is 5.56 Å². The highest BCUT2D eigenvalue weighted by Crippen LogP contribution is 2.28. The second kappa shape index (κ2) is 10.1. The summed E-state index contributed by atoms with van der Waals surface area (Å²) in [5.74, 6) is 0.968. The maximum atomic E-state index is 12.7. The molecule has 27 heavy (non-hydrogen) atoms. The summed E-state index contributed by atoms with van der Waals surface area (Å²) in [6, 6.07) is 12.1. The molecule has 3 rings (SSSR count). The Balaban J connectivity index is 0.00000182. The molecule has 1 unspecified atom stereocenters. The van der Waals surface area contributed by atoms with Gasteiger partial charge in [0, 0.05) is 37.2 Å². The van der Waals surface area contributed by atoms with Crippen molar-refractivity contribution in [1.29, 1.82) is 0 Å². The quantitative estimate of drug-likeness (QED) is 0.789. The van der Waals surface area contributed by atoms with Gasteiger partial charge in [0.25, 0.3) is 0 Å². The number of aromatic nitrogens is 2. The van der Waals surface area contributed by atoms with Crippen LogP contribution in [0.4, 0.5) is 5.82 Å². The standard InChI is InChI=1S/C19H27N5O.2ClH/c1-13(2)24-18(9-10-21-24)22-19(25)14(3)23-11-16(17(20)12-23)15-7-5-4-6-8-15;;/h4-10,13-14,16-17H,11-12,20H2,1-3H3,(H,22,25);2*1H/t14?,16-,17+;;/m0../s1. The highest BCUT2D eigenvalue weighted by Gasteiger charge is 2.35. The van der Waals surface area contributed by atoms with E-state index in [4.69, 9.17) is 5.73 Å². The first-order valence-electron chi connectivity index (χ1n) is 8.86. The fraction of sp³-hybridized carbons (Fsp3) is 0.474. The van der Waals surface area contributed by atoms with Crippen LogP contribution in [0.2, 0.25) is 0 Å². The monoisotopic (exact) mass is 413 g/mol. The molecule has 1 aromatic heterocycles. The molecule has 2 heterocycles. The van der Waals surface area contributed by atoms with Crippen LogP contribution in [0.5, 0.6) is 0 Å². The van der Waals surface area contributed by atoms with Crippen LogP contribution in [0.15, 0.2) is 42.6 Å². The average molecular weight is 414 g/mol. The molecule has 1 aliphatic heterocycles. The number of hydrogen-bond acceptors (Lipinski definition) is 4. The van der Waals surface area contributed by atoms with Gasteiger partial charge in [0.1, 0.15) is 5.82 Å². The van der Waals surface area contributed by atoms with Gasteiger partial charge in [-0.3, -0.25) is 9.69 Å². The summed E-state index contributed by atoms with van der Waals surface area (Å²) in [5, 5.41) is 7.25. The normalized spacial score (nSPS) is 20.6. The summed E-state index contributed by atoms with van der Waals surface area (Å²) >= 11 is 0. The molecule has 0 radical (unpaired) electrons. The maximum absolute atomic E-state index is 12.7. The number of hydrogen-bond donors (Lipinski definition) is 2. The third kappa shape index (κ3) is 5.23. The third-order valence-corrected chi connectivity index (χ3v) is 4.96. The first-order valence-corrected chi connectivity index (χ1v) is 8.86. The first-order chi connectivity index (χ1) is 12.0. The van der Waals surface area contributed by atoms with E-state index in [1.807, 2.05) is 49.7 Å². The average Bonchev–Trinajstić information content (AvgIpc) is 3.21. The van der Waals surface area contributed by atoms with Gasteiger partial charge in [0.15, 0.2) is 0 Å². The van der Waals surface area contributed by atoms with Crippen molar-refractivity contribution in [3.63, 3.8) is 0 Å². The summed E-state index contributed by atoms with van der Waals surface area (Å²) < 4.78 is 1.81. The van der Waals surface area contributed by atoms with E-state index >= 15 is 0 Å². The second-order valence-corrected chi connectivity index (χ2v) is 7.05. The van der Waals surface area contributed by atoms with Gasteiger partial charge in [-0.2, -0.15) is 5.10 Å². The van der Waals surface area contributed by atoms with Crippen molar-refractivity contribution in [3.8, 4) is 0 Å². The summed E-state index contributed by atoms with van der Waals surface area (Å²) in [4.78, 5) is 14.8. The van der Waals surface area contributed by atoms with Crippen LogP contribution in [0.25, 0.3) is 0 Å². The molecule has 3 atom stereocenters. The van der Waals surface area contributed by atoms with Crippen molar-refractivity contribution < 1.29 is 4.79 Å². The Bertz CT molecular complexity index is 722. The van der Waals surface area contributed by atoms with E-state index in [1.54, 1.807) is 6.20 Å². The van der Waals surface area contributed by atoms with Crippen LogP contribution in [0, 0.1) is 0 Å². The van der Waals surface area contributed by atoms with Crippen LogP contribution >= 0.6 is 24.8 Å². The van der Waals surface area contributed by atoms with Crippen molar-refractivity contribution in [2.45, 2.75) is 44.8 Å². The number of carbonyl (C=O) groups is 1. The smallest absolute Gasteiger partial charge is 0.242 e. The van der Waals surface area contributed by atoms with E-state index in [0.29, 0.717) is 0 Å². The Kier molecular flexibility index (Phi) is 8.75. The summed E-state index contributed by atoms with van der Waals surface area (Å²) in [6.45, 7) is 7.53. The molecule has 0 bridgehead atoms. The highest BCUT2D eigenvalue weighted by atomic mass is 35.5. The van der Waals surface area contributed by atoms with E-state index < -0.39 is 0 Å². The first kappa shape index (κ1) is 23.4. The third-order valence-electron chi connectivity index (χ3n) is 4.96. The van der Waals surface area contributed by atoms with Crippen LogP contribution in [0.1, 0.15) is 38.3 Å². The summed E-state index contributed by atoms with van der Waals surface area (Å²) in [6.07, 6.45) is 1.71. The molecule has 0 saturated carbocycles. The number of likely N-dealkylation sites (tertiary alicyclic amines) is 1. The van der Waals surface area contributed by atoms with E-state index in [0.717, 1.165) is 18.9 Å². The minimum absolute atomic E-state index is 0. The lowest BCUT2D eigenvalue weighted by molar-refractivity contribution is -0.120. The van der Waals surface area contributed by atoms with Crippen molar-refractivity contribution in [3.05, 3.63) is 48.2 Å². The molecule has 1 amide bonds. The molecule has 8 heteroatoms. The van der Waals surface area contributed by atoms with Gasteiger partial charge in [-0.25, -0.2) is 4.68 Å². The van der Waals surface area contributed by atoms with Crippen LogP contribution in [-0.4, -0.2) is 45.8 Å². The topological polar surface area (TPSA) is 76.2 Å². The molecule has 6 nitrogen and oxygen atoms in total. The van der Waals surface area contributed by atoms with Crippen LogP contribution in [0.3, 0.4) is 0 Å². The lowest BCUT2D eigenvalue weighted by Crippen LogP contribution is -2.42. The zero-order valence-electron chi connectivity index (χ0n) is 15.9. The number of amides is 1. The minimum atomic E-state index is -0.240. The van der Waals surface area contributed by atoms with Crippen LogP contribution in [-0.2, 0) is 4.79 Å². The Hall–Kier alpha value is -1.60. The lowest BCUT2D eigenvalue weighted by Gasteiger charge is -2.24. The highest BCUT2D eigenvalue weighted by molar-refractivity contribution is 5.93. The molecular weight excluding hydrogens is 385 g/mol. The van der Waals surface area contributed by atoms with E-state index in [-0.39, 0.29) is 54.8 Å². The molecule has 1 aromatic carbocycles. The van der Waals surface area contributed by atoms with Crippen molar-refractivity contribution in [2.75, 3.05) is 18.4 Å². The number of benzene rings is 1. The Morgan fingerprint density at radius 1 is 1.15 bits per heavy atom. The lowest BCUT2D eigenvalue weighted by atomic mass is 9.95. The largest absolute Gasteiger partial charge is 0.326 e. The molecule has 3 N–H and O–H groups in total. The van der Waals surface area contributed by atoms with E-state index in [2.05, 4.69) is 27.4 Å². The fourth-order valence-corrected chi connectivity index (χ4v) is 3.45. The fourth-order valence-electron chi connectivity index (χ4n) is 3.45. The van der Waals surface area contributed by atoms with Crippen LogP contribution < -0.4 is 11.1 Å². The summed E-state index contributed by atoms with van der Waals surface area (Å²) in [7, 11) is 0. The SMILES string of the molecule is CC(C(=O)Nc1ccnn1C(C)C)N1C[C@@H](N)[C@H](c2ccccc2)C1.Cl.Cl. The number of halogens is 2. The summed E-state index contributed by atoms with van der Waals surface area (Å²) in [5.41, 5.74) is 7.59. The van der Waals surface area contributed by atoms with Gasteiger partial charge < -0.3 is 11.1 Å². The number of nitrogens with two attached hydrogens (primary N) is 1. The van der Waals surface area contributed by atoms with E-state index in [9.17, 15) is 4.79 Å². The number of carbonyl (C=O) groups excluding carboxylic acids is 1. The van der Waals surface area contributed by atoms with Gasteiger partial charge in [0.2, 0.25) is 5.91 Å². The minimum Gasteiger partial charge on any atom is -0.326 e. The van der Waals surface area contributed by atoms with Crippen molar-refractivity contribution >= 4 is 36.5 Å². The Morgan fingerprint density at radius 2 is 1.81 bits per heavy atom. The number of nitrogens with one attached hydrogen (secondary N) is 1. The Labute approximate surface area is 173 Å². The molecule has 1 fully saturated rings. The molecule has 0 aliphatic carbocycles. The number of rotatable bonds is 5. The number of anilines is 1. The number of nitrogens with zero attached hydrogens (tertiary/aromatic N) is 3. The van der Waals surface area contributed by atoms with Gasteiger partial charge in [-0.1, -0.05) is 30.3 Å². The molecule has 0 spiro atoms.